The summed E-state index contributed by atoms with van der Waals surface area (Å²) in [6, 6.07) is 14.7. The molecule has 2 aromatic carbocycles. The van der Waals surface area contributed by atoms with Crippen LogP contribution in [0.15, 0.2) is 53.0 Å². The quantitative estimate of drug-likeness (QED) is 0.690. The fourth-order valence-electron chi connectivity index (χ4n) is 1.95. The number of carbonyl (C=O) groups is 1. The van der Waals surface area contributed by atoms with E-state index in [1.807, 2.05) is 42.3 Å². The first kappa shape index (κ1) is 17.9. The number of para-hydroxylation sites is 1. The first-order valence-electron chi connectivity index (χ1n) is 5.84. The summed E-state index contributed by atoms with van der Waals surface area (Å²) in [6.07, 6.45) is 0. The monoisotopic (exact) mass is 357 g/mol. The van der Waals surface area contributed by atoms with Crippen molar-refractivity contribution < 1.29 is 61.3 Å². The van der Waals surface area contributed by atoms with Crippen molar-refractivity contribution >= 4 is 27.6 Å². The van der Waals surface area contributed by atoms with Crippen molar-refractivity contribution in [1.82, 2.24) is 0 Å². The van der Waals surface area contributed by atoms with E-state index in [4.69, 9.17) is 0 Å². The summed E-state index contributed by atoms with van der Waals surface area (Å²) in [6.45, 7) is 0.617. The Morgan fingerprint density at radius 2 is 1.75 bits per heavy atom. The van der Waals surface area contributed by atoms with Gasteiger partial charge in [-0.1, -0.05) is 52.3 Å². The Morgan fingerprint density at radius 1 is 1.15 bits per heavy atom. The molecule has 0 heterocycles. The minimum Gasteiger partial charge on any atom is -0.545 e. The zero-order valence-electron chi connectivity index (χ0n) is 11.5. The Morgan fingerprint density at radius 3 is 2.40 bits per heavy atom. The van der Waals surface area contributed by atoms with Crippen molar-refractivity contribution in [2.45, 2.75) is 6.54 Å². The number of anilines is 1. The summed E-state index contributed by atoms with van der Waals surface area (Å²) >= 11 is 3.49. The molecule has 0 fully saturated rings. The molecule has 0 N–H and O–H groups in total. The molecule has 0 aliphatic heterocycles. The zero-order valence-corrected chi connectivity index (χ0v) is 16.2. The van der Waals surface area contributed by atoms with Gasteiger partial charge in [0.2, 0.25) is 0 Å². The molecule has 0 unspecified atom stereocenters. The summed E-state index contributed by atoms with van der Waals surface area (Å²) in [5, 5.41) is 11.1. The number of carboxylic acids is 1. The van der Waals surface area contributed by atoms with Crippen LogP contribution in [-0.4, -0.2) is 13.0 Å². The van der Waals surface area contributed by atoms with E-state index in [0.717, 1.165) is 10.0 Å². The minimum atomic E-state index is -1.16. The van der Waals surface area contributed by atoms with Gasteiger partial charge in [-0.05, 0) is 17.7 Å². The Labute approximate surface area is 169 Å². The molecule has 0 saturated carbocycles. The molecule has 0 radical (unpaired) electrons. The molecule has 0 aliphatic carbocycles. The van der Waals surface area contributed by atoms with E-state index in [2.05, 4.69) is 15.9 Å². The van der Waals surface area contributed by atoms with Crippen molar-refractivity contribution in [3.8, 4) is 0 Å². The van der Waals surface area contributed by atoms with Gasteiger partial charge >= 0.3 is 51.4 Å². The van der Waals surface area contributed by atoms with Crippen LogP contribution in [0, 0.1) is 0 Å². The maximum absolute atomic E-state index is 11.1. The predicted molar refractivity (Wildman–Crippen MR) is 77.0 cm³/mol. The number of carbonyl (C=O) groups excluding carboxylic acids is 1. The van der Waals surface area contributed by atoms with Crippen LogP contribution in [-0.2, 0) is 6.54 Å². The van der Waals surface area contributed by atoms with Gasteiger partial charge in [-0.3, -0.25) is 0 Å². The Kier molecular flexibility index (Phi) is 7.43. The third kappa shape index (κ3) is 4.41. The largest absolute Gasteiger partial charge is 1.00 e. The molecular weight excluding hydrogens is 345 g/mol. The second-order valence-electron chi connectivity index (χ2n) is 4.25. The van der Waals surface area contributed by atoms with Crippen LogP contribution in [0.5, 0.6) is 0 Å². The van der Waals surface area contributed by atoms with Gasteiger partial charge in [-0.15, -0.1) is 0 Å². The molecule has 2 aromatic rings. The summed E-state index contributed by atoms with van der Waals surface area (Å²) in [5.74, 6) is -1.16. The topological polar surface area (TPSA) is 43.4 Å². The molecular formula is C15H13BrKNO2. The van der Waals surface area contributed by atoms with Crippen molar-refractivity contribution in [2.24, 2.45) is 0 Å². The summed E-state index contributed by atoms with van der Waals surface area (Å²) in [4.78, 5) is 13.0. The van der Waals surface area contributed by atoms with E-state index in [9.17, 15) is 9.90 Å². The Balaban J connectivity index is 0.00000200. The van der Waals surface area contributed by atoms with Gasteiger partial charge < -0.3 is 14.8 Å². The van der Waals surface area contributed by atoms with E-state index in [0.29, 0.717) is 12.2 Å². The summed E-state index contributed by atoms with van der Waals surface area (Å²) in [5.41, 5.74) is 1.95. The molecule has 98 valence electrons. The number of carboxylic acid groups (broad SMARTS) is 1. The van der Waals surface area contributed by atoms with E-state index in [1.54, 1.807) is 18.2 Å². The zero-order chi connectivity index (χ0) is 13.8. The van der Waals surface area contributed by atoms with E-state index in [1.165, 1.54) is 0 Å². The maximum atomic E-state index is 11.1. The molecule has 0 saturated heterocycles. The molecule has 0 spiro atoms. The van der Waals surface area contributed by atoms with E-state index < -0.39 is 5.97 Å². The van der Waals surface area contributed by atoms with Crippen LogP contribution >= 0.6 is 15.9 Å². The van der Waals surface area contributed by atoms with Gasteiger partial charge in [0.15, 0.2) is 0 Å². The molecule has 0 amide bonds. The SMILES string of the molecule is CN(Cc1ccccc1Br)c1ccccc1C(=O)[O-].[K+]. The molecule has 0 aliphatic rings. The molecule has 0 atom stereocenters. The number of hydrogen-bond donors (Lipinski definition) is 0. The third-order valence-electron chi connectivity index (χ3n) is 2.90. The van der Waals surface area contributed by atoms with Crippen molar-refractivity contribution in [2.75, 3.05) is 11.9 Å². The summed E-state index contributed by atoms with van der Waals surface area (Å²) < 4.78 is 1.01. The molecule has 3 nitrogen and oxygen atoms in total. The maximum Gasteiger partial charge on any atom is 1.00 e. The standard InChI is InChI=1S/C15H14BrNO2.K/c1-17(10-11-6-2-4-8-13(11)16)14-9-5-3-7-12(14)15(18)19;/h2-9H,10H2,1H3,(H,18,19);/q;+1/p-1. The van der Waals surface area contributed by atoms with Crippen LogP contribution in [0.1, 0.15) is 15.9 Å². The minimum absolute atomic E-state index is 0. The first-order valence-corrected chi connectivity index (χ1v) is 6.64. The van der Waals surface area contributed by atoms with Gasteiger partial charge in [0.1, 0.15) is 0 Å². The van der Waals surface area contributed by atoms with Gasteiger partial charge in [-0.25, -0.2) is 0 Å². The van der Waals surface area contributed by atoms with Crippen LogP contribution in [0.3, 0.4) is 0 Å². The molecule has 2 rings (SSSR count). The van der Waals surface area contributed by atoms with Gasteiger partial charge in [0.25, 0.3) is 0 Å². The Hall–Kier alpha value is -0.174. The molecule has 0 bridgehead atoms. The van der Waals surface area contributed by atoms with Gasteiger partial charge in [0.05, 0.1) is 5.97 Å². The Bertz CT molecular complexity index is 604. The van der Waals surface area contributed by atoms with Crippen LogP contribution < -0.4 is 61.4 Å². The van der Waals surface area contributed by atoms with E-state index >= 15 is 0 Å². The van der Waals surface area contributed by atoms with Crippen LogP contribution in [0.2, 0.25) is 0 Å². The van der Waals surface area contributed by atoms with Crippen LogP contribution in [0.4, 0.5) is 5.69 Å². The van der Waals surface area contributed by atoms with Crippen LogP contribution in [0.25, 0.3) is 0 Å². The summed E-state index contributed by atoms with van der Waals surface area (Å²) in [7, 11) is 1.86. The van der Waals surface area contributed by atoms with Crippen molar-refractivity contribution in [3.63, 3.8) is 0 Å². The second kappa shape index (κ2) is 8.31. The van der Waals surface area contributed by atoms with Crippen molar-refractivity contribution in [1.29, 1.82) is 0 Å². The number of nitrogens with zero attached hydrogens (tertiary/aromatic N) is 1. The number of halogens is 1. The van der Waals surface area contributed by atoms with E-state index in [-0.39, 0.29) is 56.9 Å². The third-order valence-corrected chi connectivity index (χ3v) is 3.67. The molecule has 20 heavy (non-hydrogen) atoms. The average molecular weight is 358 g/mol. The molecule has 5 heteroatoms. The number of hydrogen-bond acceptors (Lipinski definition) is 3. The average Bonchev–Trinajstić information content (AvgIpc) is 2.41. The first-order chi connectivity index (χ1) is 9.09. The number of rotatable bonds is 4. The smallest absolute Gasteiger partial charge is 0.545 e. The second-order valence-corrected chi connectivity index (χ2v) is 5.11. The number of benzene rings is 2. The van der Waals surface area contributed by atoms with Gasteiger partial charge in [-0.2, -0.15) is 0 Å². The fourth-order valence-corrected chi connectivity index (χ4v) is 2.36. The number of aromatic carboxylic acids is 1. The predicted octanol–water partition coefficient (Wildman–Crippen LogP) is -0.547. The fraction of sp³-hybridized carbons (Fsp3) is 0.133. The van der Waals surface area contributed by atoms with Gasteiger partial charge in [0, 0.05) is 29.3 Å². The normalized spacial score (nSPS) is 9.70. The van der Waals surface area contributed by atoms with Crippen molar-refractivity contribution in [3.05, 3.63) is 64.1 Å². The molecule has 0 aromatic heterocycles.